The minimum absolute atomic E-state index is 0.691. The highest BCUT2D eigenvalue weighted by atomic mass is 14.7. The zero-order valence-corrected chi connectivity index (χ0v) is 7.87. The number of nitrogens with two attached hydrogens (primary N) is 1. The molecule has 2 rings (SSSR count). The number of pyridine rings is 1. The summed E-state index contributed by atoms with van der Waals surface area (Å²) in [6.45, 7) is 0. The maximum Gasteiger partial charge on any atom is 0.0535 e. The van der Waals surface area contributed by atoms with Gasteiger partial charge in [-0.25, -0.2) is 0 Å². The van der Waals surface area contributed by atoms with Gasteiger partial charge in [0, 0.05) is 6.20 Å². The van der Waals surface area contributed by atoms with E-state index in [1.54, 1.807) is 6.20 Å². The van der Waals surface area contributed by atoms with Crippen LogP contribution in [0.2, 0.25) is 0 Å². The first-order valence-corrected chi connectivity index (χ1v) is 5.07. The second kappa shape index (κ2) is 3.77. The van der Waals surface area contributed by atoms with E-state index in [1.807, 2.05) is 6.20 Å². The first-order chi connectivity index (χ1) is 6.38. The zero-order chi connectivity index (χ0) is 9.10. The molecule has 1 aliphatic rings. The molecule has 0 saturated heterocycles. The van der Waals surface area contributed by atoms with Crippen LogP contribution in [0.3, 0.4) is 0 Å². The average molecular weight is 176 g/mol. The third-order valence-electron chi connectivity index (χ3n) is 2.93. The van der Waals surface area contributed by atoms with Crippen LogP contribution in [-0.2, 0) is 0 Å². The summed E-state index contributed by atoms with van der Waals surface area (Å²) >= 11 is 0. The van der Waals surface area contributed by atoms with Crippen LogP contribution in [0.4, 0.5) is 5.69 Å². The van der Waals surface area contributed by atoms with Crippen molar-refractivity contribution in [2.45, 2.75) is 38.0 Å². The van der Waals surface area contributed by atoms with Crippen molar-refractivity contribution in [1.82, 2.24) is 4.98 Å². The van der Waals surface area contributed by atoms with Gasteiger partial charge in [0.2, 0.25) is 0 Å². The van der Waals surface area contributed by atoms with Crippen LogP contribution in [0.5, 0.6) is 0 Å². The van der Waals surface area contributed by atoms with E-state index in [-0.39, 0.29) is 0 Å². The van der Waals surface area contributed by atoms with Crippen molar-refractivity contribution >= 4 is 5.69 Å². The van der Waals surface area contributed by atoms with Crippen molar-refractivity contribution < 1.29 is 0 Å². The SMILES string of the molecule is Nc1cnccc1C1CCCCC1. The van der Waals surface area contributed by atoms with Crippen LogP contribution in [-0.4, -0.2) is 4.98 Å². The Morgan fingerprint density at radius 3 is 2.69 bits per heavy atom. The third-order valence-corrected chi connectivity index (χ3v) is 2.93. The van der Waals surface area contributed by atoms with Crippen molar-refractivity contribution in [1.29, 1.82) is 0 Å². The quantitative estimate of drug-likeness (QED) is 0.714. The molecule has 0 spiro atoms. The van der Waals surface area contributed by atoms with Crippen LogP contribution in [0.1, 0.15) is 43.6 Å². The van der Waals surface area contributed by atoms with E-state index < -0.39 is 0 Å². The number of nitrogens with zero attached hydrogens (tertiary/aromatic N) is 1. The fourth-order valence-electron chi connectivity index (χ4n) is 2.20. The van der Waals surface area contributed by atoms with Crippen LogP contribution in [0.15, 0.2) is 18.5 Å². The Hall–Kier alpha value is -1.05. The van der Waals surface area contributed by atoms with E-state index >= 15 is 0 Å². The van der Waals surface area contributed by atoms with Crippen molar-refractivity contribution in [3.63, 3.8) is 0 Å². The molecule has 2 N–H and O–H groups in total. The van der Waals surface area contributed by atoms with Crippen molar-refractivity contribution in [2.75, 3.05) is 5.73 Å². The zero-order valence-electron chi connectivity index (χ0n) is 7.87. The molecule has 1 aromatic rings. The molecule has 1 heterocycles. The predicted octanol–water partition coefficient (Wildman–Crippen LogP) is 2.71. The molecule has 0 amide bonds. The molecule has 0 aromatic carbocycles. The van der Waals surface area contributed by atoms with E-state index in [9.17, 15) is 0 Å². The van der Waals surface area contributed by atoms with Gasteiger partial charge in [-0.1, -0.05) is 19.3 Å². The summed E-state index contributed by atoms with van der Waals surface area (Å²) in [5, 5.41) is 0. The van der Waals surface area contributed by atoms with E-state index in [2.05, 4.69) is 11.1 Å². The Labute approximate surface area is 79.2 Å². The van der Waals surface area contributed by atoms with Crippen LogP contribution in [0.25, 0.3) is 0 Å². The van der Waals surface area contributed by atoms with Gasteiger partial charge >= 0.3 is 0 Å². The van der Waals surface area contributed by atoms with Gasteiger partial charge in [0.05, 0.1) is 11.9 Å². The predicted molar refractivity (Wildman–Crippen MR) is 54.5 cm³/mol. The second-order valence-corrected chi connectivity index (χ2v) is 3.84. The maximum absolute atomic E-state index is 5.89. The van der Waals surface area contributed by atoms with Gasteiger partial charge in [0.1, 0.15) is 0 Å². The molecule has 1 aliphatic carbocycles. The molecule has 0 atom stereocenters. The molecule has 1 saturated carbocycles. The summed E-state index contributed by atoms with van der Waals surface area (Å²) in [5.74, 6) is 0.691. The highest BCUT2D eigenvalue weighted by Gasteiger charge is 2.16. The number of aromatic nitrogens is 1. The second-order valence-electron chi connectivity index (χ2n) is 3.84. The first-order valence-electron chi connectivity index (χ1n) is 5.07. The van der Waals surface area contributed by atoms with E-state index in [1.165, 1.54) is 37.7 Å². The van der Waals surface area contributed by atoms with Gasteiger partial charge in [0.25, 0.3) is 0 Å². The molecule has 2 nitrogen and oxygen atoms in total. The fourth-order valence-corrected chi connectivity index (χ4v) is 2.20. The molecular formula is C11H16N2. The smallest absolute Gasteiger partial charge is 0.0535 e. The molecule has 70 valence electrons. The lowest BCUT2D eigenvalue weighted by molar-refractivity contribution is 0.444. The Morgan fingerprint density at radius 2 is 2.00 bits per heavy atom. The number of rotatable bonds is 1. The van der Waals surface area contributed by atoms with Gasteiger partial charge in [-0.05, 0) is 30.4 Å². The monoisotopic (exact) mass is 176 g/mol. The Balaban J connectivity index is 2.18. The minimum atomic E-state index is 0.691. The van der Waals surface area contributed by atoms with E-state index in [0.29, 0.717) is 5.92 Å². The molecule has 1 aromatic heterocycles. The summed E-state index contributed by atoms with van der Waals surface area (Å²) in [4.78, 5) is 4.01. The van der Waals surface area contributed by atoms with E-state index in [4.69, 9.17) is 5.73 Å². The number of anilines is 1. The summed E-state index contributed by atoms with van der Waals surface area (Å²) < 4.78 is 0. The molecular weight excluding hydrogens is 160 g/mol. The van der Waals surface area contributed by atoms with Crippen molar-refractivity contribution in [3.05, 3.63) is 24.0 Å². The van der Waals surface area contributed by atoms with Gasteiger partial charge in [-0.15, -0.1) is 0 Å². The lowest BCUT2D eigenvalue weighted by Crippen LogP contribution is -2.07. The van der Waals surface area contributed by atoms with Gasteiger partial charge in [-0.3, -0.25) is 4.98 Å². The summed E-state index contributed by atoms with van der Waals surface area (Å²) in [7, 11) is 0. The highest BCUT2D eigenvalue weighted by Crippen LogP contribution is 2.34. The molecule has 13 heavy (non-hydrogen) atoms. The molecule has 0 unspecified atom stereocenters. The molecule has 0 bridgehead atoms. The van der Waals surface area contributed by atoms with Crippen LogP contribution in [0, 0.1) is 0 Å². The Bertz CT molecular complexity index is 277. The lowest BCUT2D eigenvalue weighted by atomic mass is 9.84. The standard InChI is InChI=1S/C11H16N2/c12-11-8-13-7-6-10(11)9-4-2-1-3-5-9/h6-9H,1-5,12H2. The number of hydrogen-bond donors (Lipinski definition) is 1. The highest BCUT2D eigenvalue weighted by molar-refractivity contribution is 5.46. The minimum Gasteiger partial charge on any atom is -0.397 e. The topological polar surface area (TPSA) is 38.9 Å². The summed E-state index contributed by atoms with van der Waals surface area (Å²) in [6.07, 6.45) is 10.3. The van der Waals surface area contributed by atoms with Gasteiger partial charge in [0.15, 0.2) is 0 Å². The number of hydrogen-bond acceptors (Lipinski definition) is 2. The van der Waals surface area contributed by atoms with Crippen molar-refractivity contribution in [3.8, 4) is 0 Å². The summed E-state index contributed by atoms with van der Waals surface area (Å²) in [5.41, 5.74) is 8.07. The third kappa shape index (κ3) is 1.82. The summed E-state index contributed by atoms with van der Waals surface area (Å²) in [6, 6.07) is 2.07. The normalized spacial score (nSPS) is 18.8. The number of nitrogen functional groups attached to an aromatic ring is 1. The maximum atomic E-state index is 5.89. The van der Waals surface area contributed by atoms with Crippen LogP contribution < -0.4 is 5.73 Å². The molecule has 2 heteroatoms. The van der Waals surface area contributed by atoms with Gasteiger partial charge in [-0.2, -0.15) is 0 Å². The van der Waals surface area contributed by atoms with Crippen molar-refractivity contribution in [2.24, 2.45) is 0 Å². The largest absolute Gasteiger partial charge is 0.397 e. The Morgan fingerprint density at radius 1 is 1.23 bits per heavy atom. The first kappa shape index (κ1) is 8.54. The fraction of sp³-hybridized carbons (Fsp3) is 0.545. The van der Waals surface area contributed by atoms with E-state index in [0.717, 1.165) is 5.69 Å². The molecule has 0 radical (unpaired) electrons. The molecule has 1 fully saturated rings. The van der Waals surface area contributed by atoms with Crippen LogP contribution >= 0.6 is 0 Å². The molecule has 0 aliphatic heterocycles. The Kier molecular flexibility index (Phi) is 2.48. The average Bonchev–Trinajstić information content (AvgIpc) is 2.20. The van der Waals surface area contributed by atoms with Gasteiger partial charge < -0.3 is 5.73 Å². The lowest BCUT2D eigenvalue weighted by Gasteiger charge is -2.22.